The minimum Gasteiger partial charge on any atom is -0.485 e. The van der Waals surface area contributed by atoms with Crippen LogP contribution in [0.1, 0.15) is 36.8 Å². The standard InChI is InChI=1S/C21H20N4O3/c1-21(2)19(26)18(16-11-14(12-22)6-7-17(16)28-21)25(13-15-5-3-10-27-15)20-23-8-4-9-24-20/h3-11,18-19,26H,13H2,1-2H3/t18-,19+/m0/s1. The Bertz CT molecular complexity index is 996. The van der Waals surface area contributed by atoms with Crippen LogP contribution in [-0.2, 0) is 6.54 Å². The van der Waals surface area contributed by atoms with E-state index in [0.717, 1.165) is 0 Å². The van der Waals surface area contributed by atoms with Crippen LogP contribution in [-0.4, -0.2) is 26.8 Å². The summed E-state index contributed by atoms with van der Waals surface area (Å²) >= 11 is 0. The van der Waals surface area contributed by atoms with Crippen LogP contribution in [0.4, 0.5) is 5.95 Å². The van der Waals surface area contributed by atoms with Gasteiger partial charge in [0.25, 0.3) is 0 Å². The van der Waals surface area contributed by atoms with Crippen molar-refractivity contribution in [2.45, 2.75) is 38.1 Å². The first-order chi connectivity index (χ1) is 13.5. The first-order valence-corrected chi connectivity index (χ1v) is 8.97. The van der Waals surface area contributed by atoms with E-state index >= 15 is 0 Å². The van der Waals surface area contributed by atoms with Gasteiger partial charge in [-0.2, -0.15) is 5.26 Å². The van der Waals surface area contributed by atoms with Crippen LogP contribution in [0, 0.1) is 11.3 Å². The van der Waals surface area contributed by atoms with Crippen molar-refractivity contribution in [1.29, 1.82) is 5.26 Å². The first-order valence-electron chi connectivity index (χ1n) is 8.97. The average Bonchev–Trinajstić information content (AvgIpc) is 3.21. The summed E-state index contributed by atoms with van der Waals surface area (Å²) in [6.45, 7) is 4.02. The predicted molar refractivity (Wildman–Crippen MR) is 102 cm³/mol. The highest BCUT2D eigenvalue weighted by molar-refractivity contribution is 5.50. The van der Waals surface area contributed by atoms with E-state index in [1.54, 1.807) is 42.9 Å². The van der Waals surface area contributed by atoms with Gasteiger partial charge < -0.3 is 19.2 Å². The van der Waals surface area contributed by atoms with E-state index in [-0.39, 0.29) is 0 Å². The van der Waals surface area contributed by atoms with Gasteiger partial charge in [0.2, 0.25) is 5.95 Å². The molecule has 2 atom stereocenters. The summed E-state index contributed by atoms with van der Waals surface area (Å²) in [5.74, 6) is 1.79. The smallest absolute Gasteiger partial charge is 0.226 e. The molecule has 0 amide bonds. The van der Waals surface area contributed by atoms with Crippen molar-refractivity contribution >= 4 is 5.95 Å². The van der Waals surface area contributed by atoms with Crippen molar-refractivity contribution in [2.75, 3.05) is 4.90 Å². The van der Waals surface area contributed by atoms with Gasteiger partial charge in [-0.15, -0.1) is 0 Å². The van der Waals surface area contributed by atoms with Crippen molar-refractivity contribution in [3.8, 4) is 11.8 Å². The van der Waals surface area contributed by atoms with Crippen LogP contribution < -0.4 is 9.64 Å². The fourth-order valence-electron chi connectivity index (χ4n) is 3.48. The lowest BCUT2D eigenvalue weighted by Gasteiger charge is -2.46. The molecule has 28 heavy (non-hydrogen) atoms. The predicted octanol–water partition coefficient (Wildman–Crippen LogP) is 3.22. The van der Waals surface area contributed by atoms with Gasteiger partial charge in [0.15, 0.2) is 0 Å². The second-order valence-corrected chi connectivity index (χ2v) is 7.22. The summed E-state index contributed by atoms with van der Waals surface area (Å²) in [7, 11) is 0. The van der Waals surface area contributed by atoms with Gasteiger partial charge in [0.05, 0.1) is 30.5 Å². The quantitative estimate of drug-likeness (QED) is 0.747. The number of fused-ring (bicyclic) bond motifs is 1. The molecule has 3 aromatic rings. The molecule has 0 spiro atoms. The van der Waals surface area contributed by atoms with Gasteiger partial charge in [-0.05, 0) is 50.2 Å². The maximum Gasteiger partial charge on any atom is 0.226 e. The van der Waals surface area contributed by atoms with Crippen molar-refractivity contribution in [3.63, 3.8) is 0 Å². The Balaban J connectivity index is 1.87. The molecule has 7 heteroatoms. The minimum atomic E-state index is -0.896. The molecule has 2 aromatic heterocycles. The van der Waals surface area contributed by atoms with E-state index < -0.39 is 17.7 Å². The Morgan fingerprint density at radius 3 is 2.68 bits per heavy atom. The third-order valence-corrected chi connectivity index (χ3v) is 4.89. The summed E-state index contributed by atoms with van der Waals surface area (Å²) in [5, 5.41) is 20.6. The van der Waals surface area contributed by atoms with E-state index in [0.29, 0.717) is 35.1 Å². The highest BCUT2D eigenvalue weighted by Gasteiger charge is 2.46. The van der Waals surface area contributed by atoms with Gasteiger partial charge in [0, 0.05) is 18.0 Å². The van der Waals surface area contributed by atoms with E-state index in [1.807, 2.05) is 30.9 Å². The van der Waals surface area contributed by atoms with Crippen LogP contribution in [0.25, 0.3) is 0 Å². The number of aromatic nitrogens is 2. The van der Waals surface area contributed by atoms with Gasteiger partial charge in [-0.3, -0.25) is 0 Å². The van der Waals surface area contributed by atoms with Crippen molar-refractivity contribution in [3.05, 3.63) is 71.9 Å². The molecule has 1 aliphatic rings. The lowest BCUT2D eigenvalue weighted by molar-refractivity contribution is -0.0593. The van der Waals surface area contributed by atoms with E-state index in [4.69, 9.17) is 9.15 Å². The maximum atomic E-state index is 11.2. The number of benzene rings is 1. The van der Waals surface area contributed by atoms with E-state index in [1.165, 1.54) is 0 Å². The molecule has 142 valence electrons. The Morgan fingerprint density at radius 1 is 1.21 bits per heavy atom. The summed E-state index contributed by atoms with van der Waals surface area (Å²) in [5.41, 5.74) is 0.359. The number of aliphatic hydroxyl groups excluding tert-OH is 1. The van der Waals surface area contributed by atoms with E-state index in [2.05, 4.69) is 16.0 Å². The molecule has 3 heterocycles. The summed E-state index contributed by atoms with van der Waals surface area (Å²) in [6.07, 6.45) is 4.01. The minimum absolute atomic E-state index is 0.352. The number of rotatable bonds is 4. The number of nitrogens with zero attached hydrogens (tertiary/aromatic N) is 4. The molecule has 0 saturated carbocycles. The van der Waals surface area contributed by atoms with Crippen LogP contribution >= 0.6 is 0 Å². The molecular formula is C21H20N4O3. The zero-order valence-corrected chi connectivity index (χ0v) is 15.6. The molecule has 7 nitrogen and oxygen atoms in total. The normalized spacial score (nSPS) is 19.9. The number of anilines is 1. The molecule has 0 aliphatic carbocycles. The first kappa shape index (κ1) is 18.0. The second kappa shape index (κ2) is 6.98. The SMILES string of the molecule is CC1(C)Oc2ccc(C#N)cc2[C@H](N(Cc2ccco2)c2ncccn2)[C@H]1O. The molecule has 0 unspecified atom stereocenters. The van der Waals surface area contributed by atoms with Crippen molar-refractivity contribution < 1.29 is 14.3 Å². The summed E-state index contributed by atoms with van der Waals surface area (Å²) < 4.78 is 11.6. The number of hydrogen-bond acceptors (Lipinski definition) is 7. The molecule has 0 bridgehead atoms. The van der Waals surface area contributed by atoms with E-state index in [9.17, 15) is 10.4 Å². The monoisotopic (exact) mass is 376 g/mol. The van der Waals surface area contributed by atoms with Crippen LogP contribution in [0.15, 0.2) is 59.5 Å². The fourth-order valence-corrected chi connectivity index (χ4v) is 3.48. The molecule has 1 N–H and O–H groups in total. The molecule has 1 aliphatic heterocycles. The van der Waals surface area contributed by atoms with Gasteiger partial charge in [0.1, 0.15) is 23.2 Å². The number of aliphatic hydroxyl groups is 1. The maximum absolute atomic E-state index is 11.2. The number of furan rings is 1. The third kappa shape index (κ3) is 3.19. The van der Waals surface area contributed by atoms with Crippen LogP contribution in [0.5, 0.6) is 5.75 Å². The highest BCUT2D eigenvalue weighted by atomic mass is 16.5. The van der Waals surface area contributed by atoms with Crippen LogP contribution in [0.2, 0.25) is 0 Å². The fraction of sp³-hybridized carbons (Fsp3) is 0.286. The Kier molecular flexibility index (Phi) is 4.49. The highest BCUT2D eigenvalue weighted by Crippen LogP contribution is 2.44. The lowest BCUT2D eigenvalue weighted by Crippen LogP contribution is -2.53. The molecular weight excluding hydrogens is 356 g/mol. The summed E-state index contributed by atoms with van der Waals surface area (Å²) in [6, 6.07) is 12.3. The van der Waals surface area contributed by atoms with Crippen LogP contribution in [0.3, 0.4) is 0 Å². The number of nitriles is 1. The second-order valence-electron chi connectivity index (χ2n) is 7.22. The topological polar surface area (TPSA) is 95.4 Å². The zero-order valence-electron chi connectivity index (χ0n) is 15.6. The molecule has 4 rings (SSSR count). The molecule has 0 radical (unpaired) electrons. The summed E-state index contributed by atoms with van der Waals surface area (Å²) in [4.78, 5) is 10.7. The number of ether oxygens (including phenoxy) is 1. The van der Waals surface area contributed by atoms with Gasteiger partial charge >= 0.3 is 0 Å². The number of hydrogen-bond donors (Lipinski definition) is 1. The molecule has 0 saturated heterocycles. The zero-order chi connectivity index (χ0) is 19.7. The Labute approximate surface area is 162 Å². The van der Waals surface area contributed by atoms with Crippen molar-refractivity contribution in [2.24, 2.45) is 0 Å². The van der Waals surface area contributed by atoms with Gasteiger partial charge in [-0.1, -0.05) is 0 Å². The Morgan fingerprint density at radius 2 is 2.00 bits per heavy atom. The largest absolute Gasteiger partial charge is 0.485 e. The average molecular weight is 376 g/mol. The third-order valence-electron chi connectivity index (χ3n) is 4.89. The van der Waals surface area contributed by atoms with Gasteiger partial charge in [-0.25, -0.2) is 9.97 Å². The Hall–Kier alpha value is -3.37. The van der Waals surface area contributed by atoms with Crippen molar-refractivity contribution in [1.82, 2.24) is 9.97 Å². The molecule has 0 fully saturated rings. The lowest BCUT2D eigenvalue weighted by atomic mass is 9.85. The molecule has 1 aromatic carbocycles.